The van der Waals surface area contributed by atoms with Gasteiger partial charge in [-0.1, -0.05) is 24.6 Å². The third-order valence-electron chi connectivity index (χ3n) is 8.25. The molecule has 2 aliphatic rings. The van der Waals surface area contributed by atoms with Crippen LogP contribution in [0, 0.1) is 10.1 Å². The van der Waals surface area contributed by atoms with Crippen LogP contribution in [-0.4, -0.2) is 67.5 Å². The van der Waals surface area contributed by atoms with Crippen LogP contribution in [0.5, 0.6) is 0 Å². The first kappa shape index (κ1) is 25.2. The standard InChI is InChI=1S/C27H32N8O4/c1-33-18-7-6-8-19(33)16-17(15-18)29-27(36)24-20-9-2-3-10-22(20)34(30-24)14-5-4-13-28-21-11-12-23(35(37)38)26-25(21)31-39-32-26/h2-3,9-12,17-19,28H,4-8,13-16H2,1H3,(H,29,36)/t17?,18-,19+. The molecule has 2 aliphatic heterocycles. The second kappa shape index (κ2) is 10.6. The van der Waals surface area contributed by atoms with Crippen LogP contribution < -0.4 is 10.6 Å². The number of rotatable bonds is 9. The maximum absolute atomic E-state index is 13.4. The number of carbonyl (C=O) groups excluding carboxylic acids is 1. The Hall–Kier alpha value is -4.06. The summed E-state index contributed by atoms with van der Waals surface area (Å²) in [5.41, 5.74) is 2.40. The van der Waals surface area contributed by atoms with E-state index >= 15 is 0 Å². The van der Waals surface area contributed by atoms with Gasteiger partial charge in [0.2, 0.25) is 5.52 Å². The second-order valence-corrected chi connectivity index (χ2v) is 10.6. The number of amides is 1. The summed E-state index contributed by atoms with van der Waals surface area (Å²) >= 11 is 0. The Morgan fingerprint density at radius 1 is 1.10 bits per heavy atom. The average Bonchev–Trinajstić information content (AvgIpc) is 3.55. The molecule has 3 atom stereocenters. The number of piperidine rings is 2. The summed E-state index contributed by atoms with van der Waals surface area (Å²) in [5.74, 6) is -0.0948. The van der Waals surface area contributed by atoms with Gasteiger partial charge in [-0.2, -0.15) is 5.10 Å². The van der Waals surface area contributed by atoms with Gasteiger partial charge in [0.15, 0.2) is 11.2 Å². The molecule has 2 N–H and O–H groups in total. The maximum Gasteiger partial charge on any atom is 0.300 e. The van der Waals surface area contributed by atoms with E-state index in [4.69, 9.17) is 9.73 Å². The molecule has 1 unspecified atom stereocenters. The molecular weight excluding hydrogens is 500 g/mol. The lowest BCUT2D eigenvalue weighted by Crippen LogP contribution is -2.55. The van der Waals surface area contributed by atoms with Gasteiger partial charge in [-0.25, -0.2) is 4.63 Å². The number of hydrogen-bond acceptors (Lipinski definition) is 9. The second-order valence-electron chi connectivity index (χ2n) is 10.6. The number of unbranched alkanes of at least 4 members (excludes halogenated alkanes) is 1. The number of nitro benzene ring substituents is 1. The zero-order valence-corrected chi connectivity index (χ0v) is 21.9. The van der Waals surface area contributed by atoms with Crippen molar-refractivity contribution in [2.24, 2.45) is 0 Å². The first-order valence-corrected chi connectivity index (χ1v) is 13.6. The van der Waals surface area contributed by atoms with Crippen LogP contribution in [0.2, 0.25) is 0 Å². The SMILES string of the molecule is CN1[C@@H]2CCC[C@H]1CC(NC(=O)c1nn(CCCCNc3ccc([N+](=O)[O-])c4nonc34)c3ccccc13)C2. The molecule has 12 nitrogen and oxygen atoms in total. The number of aryl methyl sites for hydroxylation is 1. The number of nitro groups is 1. The van der Waals surface area contributed by atoms with Gasteiger partial charge in [0, 0.05) is 42.7 Å². The molecule has 2 saturated heterocycles. The van der Waals surface area contributed by atoms with Crippen molar-refractivity contribution in [3.8, 4) is 0 Å². The van der Waals surface area contributed by atoms with E-state index in [9.17, 15) is 14.9 Å². The highest BCUT2D eigenvalue weighted by Crippen LogP contribution is 2.33. The van der Waals surface area contributed by atoms with Crippen molar-refractivity contribution in [1.29, 1.82) is 0 Å². The van der Waals surface area contributed by atoms with Crippen LogP contribution in [0.15, 0.2) is 41.0 Å². The fourth-order valence-electron chi connectivity index (χ4n) is 6.21. The van der Waals surface area contributed by atoms with Gasteiger partial charge in [-0.3, -0.25) is 19.6 Å². The van der Waals surface area contributed by atoms with Gasteiger partial charge < -0.3 is 15.5 Å². The minimum atomic E-state index is -0.502. The Bertz CT molecular complexity index is 1500. The number of nitrogens with zero attached hydrogens (tertiary/aromatic N) is 6. The number of non-ortho nitro benzene ring substituents is 1. The summed E-state index contributed by atoms with van der Waals surface area (Å²) in [7, 11) is 2.22. The molecule has 204 valence electrons. The topological polar surface area (TPSA) is 144 Å². The van der Waals surface area contributed by atoms with Crippen LogP contribution in [0.1, 0.15) is 55.4 Å². The normalized spacial score (nSPS) is 21.3. The molecule has 2 aromatic carbocycles. The number of benzene rings is 2. The Labute approximate surface area is 224 Å². The average molecular weight is 533 g/mol. The number of para-hydroxylation sites is 1. The lowest BCUT2D eigenvalue weighted by Gasteiger charge is -2.47. The Morgan fingerprint density at radius 2 is 1.87 bits per heavy atom. The zero-order valence-electron chi connectivity index (χ0n) is 21.9. The molecule has 1 amide bonds. The van der Waals surface area contributed by atoms with Crippen LogP contribution >= 0.6 is 0 Å². The Kier molecular flexibility index (Phi) is 6.86. The fourth-order valence-corrected chi connectivity index (χ4v) is 6.21. The van der Waals surface area contributed by atoms with Crippen molar-refractivity contribution in [3.05, 3.63) is 52.2 Å². The summed E-state index contributed by atoms with van der Waals surface area (Å²) < 4.78 is 6.64. The summed E-state index contributed by atoms with van der Waals surface area (Å²) in [6.07, 6.45) is 7.32. The van der Waals surface area contributed by atoms with Crippen LogP contribution in [-0.2, 0) is 6.54 Å². The molecule has 2 bridgehead atoms. The van der Waals surface area contributed by atoms with E-state index in [0.29, 0.717) is 42.1 Å². The van der Waals surface area contributed by atoms with Crippen molar-refractivity contribution in [1.82, 2.24) is 30.3 Å². The Morgan fingerprint density at radius 3 is 2.67 bits per heavy atom. The van der Waals surface area contributed by atoms with Crippen molar-refractivity contribution in [2.45, 2.75) is 69.6 Å². The minimum absolute atomic E-state index is 0.0948. The first-order chi connectivity index (χ1) is 19.0. The smallest absolute Gasteiger partial charge is 0.300 e. The predicted molar refractivity (Wildman–Crippen MR) is 146 cm³/mol. The van der Waals surface area contributed by atoms with E-state index in [0.717, 1.165) is 36.6 Å². The summed E-state index contributed by atoms with van der Waals surface area (Å²) in [5, 5.41) is 30.8. The number of carbonyl (C=O) groups is 1. The lowest BCUT2D eigenvalue weighted by atomic mass is 9.82. The monoisotopic (exact) mass is 532 g/mol. The van der Waals surface area contributed by atoms with E-state index in [1.54, 1.807) is 6.07 Å². The maximum atomic E-state index is 13.4. The van der Waals surface area contributed by atoms with Crippen molar-refractivity contribution >= 4 is 39.2 Å². The third-order valence-corrected chi connectivity index (χ3v) is 8.25. The highest BCUT2D eigenvalue weighted by Gasteiger charge is 2.36. The predicted octanol–water partition coefficient (Wildman–Crippen LogP) is 4.12. The quantitative estimate of drug-likeness (QED) is 0.185. The van der Waals surface area contributed by atoms with Crippen LogP contribution in [0.25, 0.3) is 21.9 Å². The summed E-state index contributed by atoms with van der Waals surface area (Å²) in [6, 6.07) is 12.2. The molecule has 0 radical (unpaired) electrons. The molecular formula is C27H32N8O4. The number of anilines is 1. The van der Waals surface area contributed by atoms with Gasteiger partial charge in [0.25, 0.3) is 5.91 Å². The summed E-state index contributed by atoms with van der Waals surface area (Å²) in [6.45, 7) is 1.29. The largest absolute Gasteiger partial charge is 0.383 e. The molecule has 0 saturated carbocycles. The molecule has 0 aliphatic carbocycles. The number of fused-ring (bicyclic) bond motifs is 4. The highest BCUT2D eigenvalue weighted by molar-refractivity contribution is 6.05. The molecule has 2 aromatic heterocycles. The van der Waals surface area contributed by atoms with E-state index in [1.165, 1.54) is 25.3 Å². The minimum Gasteiger partial charge on any atom is -0.383 e. The number of aromatic nitrogens is 4. The van der Waals surface area contributed by atoms with Crippen molar-refractivity contribution in [2.75, 3.05) is 18.9 Å². The van der Waals surface area contributed by atoms with E-state index in [-0.39, 0.29) is 23.2 Å². The van der Waals surface area contributed by atoms with Gasteiger partial charge in [-0.15, -0.1) is 0 Å². The number of nitrogens with one attached hydrogen (secondary N) is 2. The molecule has 0 spiro atoms. The van der Waals surface area contributed by atoms with Crippen molar-refractivity contribution < 1.29 is 14.3 Å². The van der Waals surface area contributed by atoms with Gasteiger partial charge >= 0.3 is 5.69 Å². The molecule has 4 heterocycles. The zero-order chi connectivity index (χ0) is 26.9. The van der Waals surface area contributed by atoms with Crippen molar-refractivity contribution in [3.63, 3.8) is 0 Å². The lowest BCUT2D eigenvalue weighted by molar-refractivity contribution is -0.383. The van der Waals surface area contributed by atoms with Gasteiger partial charge in [-0.05, 0) is 68.0 Å². The van der Waals surface area contributed by atoms with E-state index in [1.807, 2.05) is 28.9 Å². The van der Waals surface area contributed by atoms with Gasteiger partial charge in [0.1, 0.15) is 0 Å². The fraction of sp³-hybridized carbons (Fsp3) is 0.481. The third kappa shape index (κ3) is 4.91. The molecule has 39 heavy (non-hydrogen) atoms. The number of hydrogen-bond donors (Lipinski definition) is 2. The van der Waals surface area contributed by atoms with Gasteiger partial charge in [0.05, 0.1) is 16.1 Å². The van der Waals surface area contributed by atoms with Crippen LogP contribution in [0.4, 0.5) is 11.4 Å². The molecule has 6 rings (SSSR count). The Balaban J connectivity index is 1.08. The first-order valence-electron chi connectivity index (χ1n) is 13.6. The highest BCUT2D eigenvalue weighted by atomic mass is 16.6. The summed E-state index contributed by atoms with van der Waals surface area (Å²) in [4.78, 5) is 26.5. The molecule has 12 heteroatoms. The van der Waals surface area contributed by atoms with E-state index < -0.39 is 4.92 Å². The van der Waals surface area contributed by atoms with E-state index in [2.05, 4.69) is 32.9 Å². The molecule has 4 aromatic rings. The van der Waals surface area contributed by atoms with Crippen LogP contribution in [0.3, 0.4) is 0 Å². The molecule has 2 fully saturated rings.